The lowest BCUT2D eigenvalue weighted by Gasteiger charge is -2.09. The average Bonchev–Trinajstić information content (AvgIpc) is 2.99. The van der Waals surface area contributed by atoms with Crippen LogP contribution < -0.4 is 0 Å². The molecule has 1 unspecified atom stereocenters. The number of ketones is 1. The molecule has 0 saturated carbocycles. The van der Waals surface area contributed by atoms with Crippen molar-refractivity contribution in [3.8, 4) is 0 Å². The maximum atomic E-state index is 13.3. The van der Waals surface area contributed by atoms with E-state index in [-0.39, 0.29) is 16.6 Å². The van der Waals surface area contributed by atoms with Crippen LogP contribution in [0.1, 0.15) is 49.3 Å². The molecule has 3 rings (SSSR count). The summed E-state index contributed by atoms with van der Waals surface area (Å²) in [6.45, 7) is 7.55. The number of rotatable bonds is 6. The van der Waals surface area contributed by atoms with Gasteiger partial charge in [0.05, 0.1) is 10.4 Å². The molecule has 0 aliphatic rings. The van der Waals surface area contributed by atoms with Crippen LogP contribution in [0.4, 0.5) is 0 Å². The summed E-state index contributed by atoms with van der Waals surface area (Å²) in [5.41, 5.74) is 3.73. The van der Waals surface area contributed by atoms with Crippen molar-refractivity contribution in [3.63, 3.8) is 0 Å². The molecule has 1 aromatic heterocycles. The summed E-state index contributed by atoms with van der Waals surface area (Å²) in [4.78, 5) is 11.6. The summed E-state index contributed by atoms with van der Waals surface area (Å²) >= 11 is 0. The molecule has 142 valence electrons. The molecule has 27 heavy (non-hydrogen) atoms. The van der Waals surface area contributed by atoms with Crippen LogP contribution in [0.3, 0.4) is 0 Å². The van der Waals surface area contributed by atoms with Crippen molar-refractivity contribution in [3.05, 3.63) is 65.4 Å². The highest BCUT2D eigenvalue weighted by Gasteiger charge is 2.23. The predicted octanol–water partition coefficient (Wildman–Crippen LogP) is 4.97. The van der Waals surface area contributed by atoms with Crippen molar-refractivity contribution in [1.29, 1.82) is 0 Å². The van der Waals surface area contributed by atoms with E-state index in [0.717, 1.165) is 22.1 Å². The molecular weight excluding hydrogens is 358 g/mol. The highest BCUT2D eigenvalue weighted by atomic mass is 32.2. The molecule has 0 bridgehead atoms. The fraction of sp³-hybridized carbons (Fsp3) is 0.318. The minimum Gasteiger partial charge on any atom is -0.300 e. The van der Waals surface area contributed by atoms with Crippen LogP contribution in [-0.4, -0.2) is 18.2 Å². The zero-order valence-corrected chi connectivity index (χ0v) is 17.0. The number of carbonyl (C=O) groups is 1. The van der Waals surface area contributed by atoms with Gasteiger partial charge in [-0.2, -0.15) is 0 Å². The van der Waals surface area contributed by atoms with Crippen LogP contribution in [0.15, 0.2) is 53.6 Å². The number of aryl methyl sites for hydroxylation is 2. The van der Waals surface area contributed by atoms with E-state index in [1.807, 2.05) is 39.0 Å². The first-order valence-corrected chi connectivity index (χ1v) is 10.6. The first-order valence-electron chi connectivity index (χ1n) is 9.13. The van der Waals surface area contributed by atoms with Gasteiger partial charge in [-0.05, 0) is 62.9 Å². The molecule has 5 heteroatoms. The summed E-state index contributed by atoms with van der Waals surface area (Å²) < 4.78 is 27.9. The fourth-order valence-electron chi connectivity index (χ4n) is 3.33. The van der Waals surface area contributed by atoms with Gasteiger partial charge >= 0.3 is 0 Å². The number of fused-ring (bicyclic) bond motifs is 1. The molecular formula is C22H25NO3S. The van der Waals surface area contributed by atoms with Gasteiger partial charge in [0.25, 0.3) is 10.0 Å². The maximum Gasteiger partial charge on any atom is 0.268 e. The standard InChI is InChI=1S/C22H25NO3S/c1-15-5-10-19(11-6-15)27(25,26)23-14-21(17(3)8-9-18(4)24)20-13-16(2)7-12-22(20)23/h5-7,10-14,17H,8-9H2,1-4H3. The molecule has 0 radical (unpaired) electrons. The third kappa shape index (κ3) is 3.83. The molecule has 0 amide bonds. The van der Waals surface area contributed by atoms with Gasteiger partial charge in [0, 0.05) is 18.0 Å². The number of hydrogen-bond acceptors (Lipinski definition) is 3. The highest BCUT2D eigenvalue weighted by molar-refractivity contribution is 7.90. The lowest BCUT2D eigenvalue weighted by Crippen LogP contribution is -2.12. The number of aromatic nitrogens is 1. The van der Waals surface area contributed by atoms with Crippen molar-refractivity contribution >= 4 is 26.7 Å². The lowest BCUT2D eigenvalue weighted by atomic mass is 9.94. The summed E-state index contributed by atoms with van der Waals surface area (Å²) in [6.07, 6.45) is 2.92. The number of nitrogens with zero attached hydrogens (tertiary/aromatic N) is 1. The number of carbonyl (C=O) groups excluding carboxylic acids is 1. The Morgan fingerprint density at radius 2 is 1.67 bits per heavy atom. The van der Waals surface area contributed by atoms with Gasteiger partial charge in [0.2, 0.25) is 0 Å². The van der Waals surface area contributed by atoms with E-state index in [0.29, 0.717) is 18.4 Å². The lowest BCUT2D eigenvalue weighted by molar-refractivity contribution is -0.117. The Balaban J connectivity index is 2.16. The van der Waals surface area contributed by atoms with E-state index in [2.05, 4.69) is 0 Å². The van der Waals surface area contributed by atoms with Gasteiger partial charge in [0.1, 0.15) is 5.78 Å². The Morgan fingerprint density at radius 3 is 2.30 bits per heavy atom. The quantitative estimate of drug-likeness (QED) is 0.604. The summed E-state index contributed by atoms with van der Waals surface area (Å²) in [5.74, 6) is 0.238. The molecule has 1 heterocycles. The van der Waals surface area contributed by atoms with E-state index in [1.165, 1.54) is 3.97 Å². The Bertz CT molecular complexity index is 1090. The van der Waals surface area contributed by atoms with Crippen LogP contribution in [0.5, 0.6) is 0 Å². The van der Waals surface area contributed by atoms with E-state index >= 15 is 0 Å². The molecule has 4 nitrogen and oxygen atoms in total. The average molecular weight is 384 g/mol. The van der Waals surface area contributed by atoms with E-state index < -0.39 is 10.0 Å². The Morgan fingerprint density at radius 1 is 1.04 bits per heavy atom. The van der Waals surface area contributed by atoms with Crippen LogP contribution in [0.25, 0.3) is 10.9 Å². The minimum absolute atomic E-state index is 0.0904. The van der Waals surface area contributed by atoms with E-state index in [4.69, 9.17) is 0 Å². The minimum atomic E-state index is -3.69. The third-order valence-electron chi connectivity index (χ3n) is 4.99. The fourth-order valence-corrected chi connectivity index (χ4v) is 4.71. The molecule has 0 aliphatic heterocycles. The second-order valence-electron chi connectivity index (χ2n) is 7.36. The maximum absolute atomic E-state index is 13.3. The van der Waals surface area contributed by atoms with Crippen LogP contribution in [-0.2, 0) is 14.8 Å². The van der Waals surface area contributed by atoms with Crippen molar-refractivity contribution in [2.24, 2.45) is 0 Å². The molecule has 0 fully saturated rings. The topological polar surface area (TPSA) is 56.1 Å². The Hall–Kier alpha value is -2.40. The zero-order valence-electron chi connectivity index (χ0n) is 16.2. The zero-order chi connectivity index (χ0) is 19.8. The van der Waals surface area contributed by atoms with Crippen LogP contribution >= 0.6 is 0 Å². The van der Waals surface area contributed by atoms with E-state index in [9.17, 15) is 13.2 Å². The van der Waals surface area contributed by atoms with Gasteiger partial charge < -0.3 is 4.79 Å². The molecule has 2 aromatic carbocycles. The highest BCUT2D eigenvalue weighted by Crippen LogP contribution is 2.33. The number of benzene rings is 2. The molecule has 1 atom stereocenters. The van der Waals surface area contributed by atoms with Crippen molar-refractivity contribution in [1.82, 2.24) is 3.97 Å². The van der Waals surface area contributed by atoms with Gasteiger partial charge in [-0.1, -0.05) is 36.2 Å². The molecule has 0 spiro atoms. The molecule has 0 aliphatic carbocycles. The Kier molecular flexibility index (Phi) is 5.24. The normalized spacial score (nSPS) is 13.0. The largest absolute Gasteiger partial charge is 0.300 e. The van der Waals surface area contributed by atoms with Crippen molar-refractivity contribution < 1.29 is 13.2 Å². The summed E-state index contributed by atoms with van der Waals surface area (Å²) in [7, 11) is -3.69. The van der Waals surface area contributed by atoms with Crippen LogP contribution in [0.2, 0.25) is 0 Å². The first-order chi connectivity index (χ1) is 12.7. The van der Waals surface area contributed by atoms with Gasteiger partial charge in [-0.3, -0.25) is 0 Å². The second-order valence-corrected chi connectivity index (χ2v) is 9.18. The number of hydrogen-bond donors (Lipinski definition) is 0. The predicted molar refractivity (Wildman–Crippen MR) is 109 cm³/mol. The number of Topliss-reactive ketones (excluding diaryl/α,β-unsaturated/α-hetero) is 1. The van der Waals surface area contributed by atoms with Crippen molar-refractivity contribution in [2.45, 2.75) is 51.3 Å². The molecule has 0 N–H and O–H groups in total. The van der Waals surface area contributed by atoms with E-state index in [1.54, 1.807) is 37.4 Å². The second kappa shape index (κ2) is 7.31. The van der Waals surface area contributed by atoms with Crippen molar-refractivity contribution in [2.75, 3.05) is 0 Å². The first kappa shape index (κ1) is 19.4. The van der Waals surface area contributed by atoms with Crippen LogP contribution in [0, 0.1) is 13.8 Å². The molecule has 3 aromatic rings. The molecule has 0 saturated heterocycles. The monoisotopic (exact) mass is 383 g/mol. The summed E-state index contributed by atoms with van der Waals surface area (Å²) in [6, 6.07) is 12.7. The van der Waals surface area contributed by atoms with Gasteiger partial charge in [-0.15, -0.1) is 0 Å². The van der Waals surface area contributed by atoms with Gasteiger partial charge in [0.15, 0.2) is 0 Å². The SMILES string of the molecule is CC(=O)CCC(C)c1cn(S(=O)(=O)c2ccc(C)cc2)c2ccc(C)cc12. The smallest absolute Gasteiger partial charge is 0.268 e. The Labute approximate surface area is 160 Å². The summed E-state index contributed by atoms with van der Waals surface area (Å²) in [5, 5.41) is 0.932. The van der Waals surface area contributed by atoms with Gasteiger partial charge in [-0.25, -0.2) is 12.4 Å². The third-order valence-corrected chi connectivity index (χ3v) is 6.68.